The molecule has 3 N–H and O–H groups in total. The molecule has 3 atom stereocenters. The lowest BCUT2D eigenvalue weighted by Crippen LogP contribution is -2.45. The average Bonchev–Trinajstić information content (AvgIpc) is 2.87. The lowest BCUT2D eigenvalue weighted by atomic mass is 9.77. The number of hydrogen-bond donors (Lipinski definition) is 3. The van der Waals surface area contributed by atoms with E-state index in [4.69, 9.17) is 14.5 Å². The molecule has 2 fully saturated rings. The van der Waals surface area contributed by atoms with Crippen molar-refractivity contribution in [3.63, 3.8) is 0 Å². The number of carbonyl (C=O) groups excluding carboxylic acids is 1. The first kappa shape index (κ1) is 25.5. The Bertz CT molecular complexity index is 1070. The fourth-order valence-electron chi connectivity index (χ4n) is 5.52. The molecule has 2 heterocycles. The van der Waals surface area contributed by atoms with E-state index < -0.39 is 18.1 Å². The molecule has 1 aliphatic heterocycles. The van der Waals surface area contributed by atoms with Crippen molar-refractivity contribution in [2.75, 3.05) is 18.5 Å². The number of aryl methyl sites for hydroxylation is 2. The predicted molar refractivity (Wildman–Crippen MR) is 140 cm³/mol. The van der Waals surface area contributed by atoms with Crippen molar-refractivity contribution in [3.8, 4) is 0 Å². The summed E-state index contributed by atoms with van der Waals surface area (Å²) in [4.78, 5) is 28.8. The normalized spacial score (nSPS) is 25.0. The molecule has 37 heavy (non-hydrogen) atoms. The number of anilines is 1. The molecule has 198 valence electrons. The minimum atomic E-state index is -1.08. The van der Waals surface area contributed by atoms with Crippen molar-refractivity contribution in [2.24, 2.45) is 5.92 Å². The van der Waals surface area contributed by atoms with E-state index in [9.17, 15) is 14.7 Å². The number of fused-ring (bicyclic) bond motifs is 1. The number of pyridine rings is 1. The zero-order valence-corrected chi connectivity index (χ0v) is 21.2. The van der Waals surface area contributed by atoms with Gasteiger partial charge in [-0.3, -0.25) is 0 Å². The third-order valence-electron chi connectivity index (χ3n) is 8.00. The van der Waals surface area contributed by atoms with Crippen LogP contribution in [0.1, 0.15) is 67.7 Å². The molecule has 3 aliphatic rings. The summed E-state index contributed by atoms with van der Waals surface area (Å²) < 4.78 is 11.4. The van der Waals surface area contributed by atoms with Gasteiger partial charge in [0.15, 0.2) is 0 Å². The van der Waals surface area contributed by atoms with E-state index in [1.165, 1.54) is 12.0 Å². The number of nitrogens with zero attached hydrogens (tertiary/aromatic N) is 1. The Kier molecular flexibility index (Phi) is 8.24. The minimum absolute atomic E-state index is 0.158. The van der Waals surface area contributed by atoms with Crippen LogP contribution in [0.2, 0.25) is 0 Å². The smallest absolute Gasteiger partial charge is 0.408 e. The number of carbonyl (C=O) groups is 2. The van der Waals surface area contributed by atoms with E-state index in [0.717, 1.165) is 68.6 Å². The monoisotopic (exact) mass is 507 g/mol. The van der Waals surface area contributed by atoms with Crippen molar-refractivity contribution in [2.45, 2.75) is 82.0 Å². The van der Waals surface area contributed by atoms with E-state index in [1.807, 2.05) is 30.3 Å². The van der Waals surface area contributed by atoms with Crippen molar-refractivity contribution in [1.29, 1.82) is 0 Å². The number of hydrogen-bond acceptors (Lipinski definition) is 6. The van der Waals surface area contributed by atoms with E-state index in [-0.39, 0.29) is 24.5 Å². The number of carboxylic acid groups (broad SMARTS) is 1. The van der Waals surface area contributed by atoms with Crippen LogP contribution >= 0.6 is 0 Å². The average molecular weight is 508 g/mol. The molecule has 5 rings (SSSR count). The summed E-state index contributed by atoms with van der Waals surface area (Å²) in [6.07, 6.45) is 7.52. The summed E-state index contributed by atoms with van der Waals surface area (Å²) in [6, 6.07) is 13.3. The third-order valence-corrected chi connectivity index (χ3v) is 8.00. The summed E-state index contributed by atoms with van der Waals surface area (Å²) >= 11 is 0. The first-order valence-electron chi connectivity index (χ1n) is 13.6. The van der Waals surface area contributed by atoms with Gasteiger partial charge in [0.1, 0.15) is 18.0 Å². The number of alkyl carbamates (subject to hydrolysis) is 1. The highest BCUT2D eigenvalue weighted by Crippen LogP contribution is 2.39. The maximum Gasteiger partial charge on any atom is 0.408 e. The Morgan fingerprint density at radius 3 is 2.73 bits per heavy atom. The van der Waals surface area contributed by atoms with Gasteiger partial charge < -0.3 is 25.2 Å². The highest BCUT2D eigenvalue weighted by Gasteiger charge is 2.36. The summed E-state index contributed by atoms with van der Waals surface area (Å²) in [5, 5.41) is 15.5. The summed E-state index contributed by atoms with van der Waals surface area (Å²) in [6.45, 7) is 1.29. The second-order valence-corrected chi connectivity index (χ2v) is 10.6. The number of nitrogens with one attached hydrogen (secondary N) is 2. The molecule has 2 unspecified atom stereocenters. The second-order valence-electron chi connectivity index (χ2n) is 10.6. The van der Waals surface area contributed by atoms with Crippen molar-refractivity contribution < 1.29 is 24.2 Å². The molecule has 2 saturated carbocycles. The molecule has 1 amide bonds. The number of amides is 1. The van der Waals surface area contributed by atoms with Crippen LogP contribution in [0.4, 0.5) is 10.6 Å². The van der Waals surface area contributed by atoms with Gasteiger partial charge in [-0.2, -0.15) is 0 Å². The largest absolute Gasteiger partial charge is 0.480 e. The maximum atomic E-state index is 12.4. The molecule has 2 aliphatic carbocycles. The van der Waals surface area contributed by atoms with Crippen LogP contribution in [-0.2, 0) is 27.1 Å². The number of rotatable bonds is 11. The molecule has 0 spiro atoms. The van der Waals surface area contributed by atoms with Crippen LogP contribution in [0, 0.1) is 5.92 Å². The standard InChI is InChI=1S/C29H37N3O5/c33-28(34)25(32-29(35)37-26-13-12-24(26)20-5-2-1-3-6-20)14-16-36-23-17-19(18-23)8-10-22-11-9-21-7-4-15-30-27(21)31-22/h1-3,5-6,9,11,19,23-26H,4,7-8,10,12-18H2,(H,30,31)(H,32,35)(H,33,34)/t19?,23?,24?,25-,26?/m0/s1. The minimum Gasteiger partial charge on any atom is -0.480 e. The number of aromatic nitrogens is 1. The van der Waals surface area contributed by atoms with Gasteiger partial charge in [-0.15, -0.1) is 0 Å². The predicted octanol–water partition coefficient (Wildman–Crippen LogP) is 4.68. The lowest BCUT2D eigenvalue weighted by molar-refractivity contribution is -0.140. The van der Waals surface area contributed by atoms with Gasteiger partial charge >= 0.3 is 12.1 Å². The summed E-state index contributed by atoms with van der Waals surface area (Å²) in [5.74, 6) is 0.754. The van der Waals surface area contributed by atoms with Crippen LogP contribution in [0.15, 0.2) is 42.5 Å². The van der Waals surface area contributed by atoms with E-state index in [0.29, 0.717) is 12.5 Å². The molecule has 0 bridgehead atoms. The Morgan fingerprint density at radius 2 is 1.97 bits per heavy atom. The maximum absolute atomic E-state index is 12.4. The molecule has 8 heteroatoms. The van der Waals surface area contributed by atoms with Gasteiger partial charge in [-0.25, -0.2) is 14.6 Å². The zero-order valence-electron chi connectivity index (χ0n) is 21.2. The van der Waals surface area contributed by atoms with Crippen LogP contribution in [0.5, 0.6) is 0 Å². The highest BCUT2D eigenvalue weighted by atomic mass is 16.6. The number of ether oxygens (including phenoxy) is 2. The molecule has 8 nitrogen and oxygen atoms in total. The Labute approximate surface area is 218 Å². The van der Waals surface area contributed by atoms with Gasteiger partial charge in [0.05, 0.1) is 6.10 Å². The fourth-order valence-corrected chi connectivity index (χ4v) is 5.52. The molecule has 0 radical (unpaired) electrons. The number of benzene rings is 1. The lowest BCUT2D eigenvalue weighted by Gasteiger charge is -2.36. The Balaban J connectivity index is 0.976. The molecule has 1 aromatic carbocycles. The third kappa shape index (κ3) is 6.60. The van der Waals surface area contributed by atoms with Crippen molar-refractivity contribution in [1.82, 2.24) is 10.3 Å². The van der Waals surface area contributed by atoms with Gasteiger partial charge in [-0.05, 0) is 74.5 Å². The molecule has 2 aromatic rings. The molecule has 0 saturated heterocycles. The first-order valence-corrected chi connectivity index (χ1v) is 13.6. The van der Waals surface area contributed by atoms with Gasteiger partial charge in [-0.1, -0.05) is 36.4 Å². The summed E-state index contributed by atoms with van der Waals surface area (Å²) in [5.41, 5.74) is 3.59. The molecule has 1 aromatic heterocycles. The quantitative estimate of drug-likeness (QED) is 0.405. The summed E-state index contributed by atoms with van der Waals surface area (Å²) in [7, 11) is 0. The van der Waals surface area contributed by atoms with Crippen LogP contribution in [-0.4, -0.2) is 53.6 Å². The topological polar surface area (TPSA) is 110 Å². The van der Waals surface area contributed by atoms with Gasteiger partial charge in [0, 0.05) is 31.2 Å². The second kappa shape index (κ2) is 11.9. The van der Waals surface area contributed by atoms with E-state index >= 15 is 0 Å². The van der Waals surface area contributed by atoms with Crippen molar-refractivity contribution >= 4 is 17.9 Å². The Hall–Kier alpha value is -3.13. The van der Waals surface area contributed by atoms with Crippen LogP contribution < -0.4 is 10.6 Å². The zero-order chi connectivity index (χ0) is 25.6. The molecular formula is C29H37N3O5. The van der Waals surface area contributed by atoms with Crippen LogP contribution in [0.3, 0.4) is 0 Å². The number of aliphatic carboxylic acids is 1. The Morgan fingerprint density at radius 1 is 1.14 bits per heavy atom. The fraction of sp³-hybridized carbons (Fsp3) is 0.552. The molecular weight excluding hydrogens is 470 g/mol. The highest BCUT2D eigenvalue weighted by molar-refractivity contribution is 5.80. The van der Waals surface area contributed by atoms with Gasteiger partial charge in [0.25, 0.3) is 0 Å². The SMILES string of the molecule is O=C(N[C@@H](CCOC1CC(CCc2ccc3c(n2)NCCC3)C1)C(=O)O)OC1CCC1c1ccccc1. The number of carboxylic acids is 1. The van der Waals surface area contributed by atoms with Crippen molar-refractivity contribution in [3.05, 3.63) is 59.3 Å². The van der Waals surface area contributed by atoms with Gasteiger partial charge in [0.2, 0.25) is 0 Å². The first-order chi connectivity index (χ1) is 18.0. The van der Waals surface area contributed by atoms with E-state index in [1.54, 1.807) is 0 Å². The van der Waals surface area contributed by atoms with Crippen LogP contribution in [0.25, 0.3) is 0 Å². The van der Waals surface area contributed by atoms with E-state index in [2.05, 4.69) is 22.8 Å².